The molecule has 3 aliphatic heterocycles. The molecule has 5 fully saturated rings. The molecular weight excluding hydrogens is 352 g/mol. The lowest BCUT2D eigenvalue weighted by Gasteiger charge is -2.66. The van der Waals surface area contributed by atoms with Crippen molar-refractivity contribution in [1.82, 2.24) is 0 Å². The molecule has 6 unspecified atom stereocenters. The summed E-state index contributed by atoms with van der Waals surface area (Å²) in [5.41, 5.74) is -2.24. The summed E-state index contributed by atoms with van der Waals surface area (Å²) in [6, 6.07) is 6.67. The number of ether oxygens (including phenoxy) is 2. The van der Waals surface area contributed by atoms with Crippen molar-refractivity contribution in [1.29, 1.82) is 21.2 Å². The van der Waals surface area contributed by atoms with Gasteiger partial charge in [-0.2, -0.15) is 15.8 Å². The summed E-state index contributed by atoms with van der Waals surface area (Å²) >= 11 is 0. The number of hydrogen-bond donors (Lipinski definition) is 1. The maximum absolute atomic E-state index is 10.4. The zero-order valence-electron chi connectivity index (χ0n) is 16.3. The van der Waals surface area contributed by atoms with E-state index in [9.17, 15) is 15.8 Å². The van der Waals surface area contributed by atoms with Gasteiger partial charge in [-0.05, 0) is 48.5 Å². The molecule has 6 nitrogen and oxygen atoms in total. The van der Waals surface area contributed by atoms with Gasteiger partial charge < -0.3 is 9.47 Å². The molecule has 0 amide bonds. The second-order valence-electron chi connectivity index (χ2n) is 9.74. The van der Waals surface area contributed by atoms with Gasteiger partial charge in [-0.1, -0.05) is 26.3 Å². The van der Waals surface area contributed by atoms with Gasteiger partial charge in [0.2, 0.25) is 11.7 Å². The van der Waals surface area contributed by atoms with Crippen LogP contribution in [-0.2, 0) is 9.47 Å². The average Bonchev–Trinajstić information content (AvgIpc) is 2.71. The van der Waals surface area contributed by atoms with Crippen LogP contribution >= 0.6 is 0 Å². The standard InChI is InChI=1S/C22H24N4O2/c1-19(2)13-6-7-14(15(19)9-13)17-21(12-25)18(26)28-22(27-17)8-4-3-5-16(22)20(21,10-23)11-24/h7,13,15-17,26H,3-6,8-9H2,1-2H3. The highest BCUT2D eigenvalue weighted by Gasteiger charge is 2.81. The number of nitriles is 3. The van der Waals surface area contributed by atoms with Crippen LogP contribution in [0.2, 0.25) is 0 Å². The van der Waals surface area contributed by atoms with E-state index < -0.39 is 28.6 Å². The van der Waals surface area contributed by atoms with Crippen LogP contribution in [0.1, 0.15) is 52.4 Å². The molecule has 3 saturated heterocycles. The van der Waals surface area contributed by atoms with Crippen molar-refractivity contribution in [3.63, 3.8) is 0 Å². The highest BCUT2D eigenvalue weighted by molar-refractivity contribution is 5.89. The Morgan fingerprint density at radius 2 is 1.89 bits per heavy atom. The van der Waals surface area contributed by atoms with Crippen LogP contribution in [0.25, 0.3) is 0 Å². The van der Waals surface area contributed by atoms with Gasteiger partial charge in [0, 0.05) is 6.42 Å². The quantitative estimate of drug-likeness (QED) is 0.699. The van der Waals surface area contributed by atoms with Crippen molar-refractivity contribution < 1.29 is 9.47 Å². The van der Waals surface area contributed by atoms with E-state index in [1.807, 2.05) is 0 Å². The molecule has 6 atom stereocenters. The van der Waals surface area contributed by atoms with Crippen LogP contribution in [0.15, 0.2) is 11.6 Å². The molecule has 4 aliphatic carbocycles. The van der Waals surface area contributed by atoms with Gasteiger partial charge in [0.15, 0.2) is 10.8 Å². The summed E-state index contributed by atoms with van der Waals surface area (Å²) in [6.07, 6.45) is 6.21. The van der Waals surface area contributed by atoms with E-state index in [0.29, 0.717) is 18.8 Å². The van der Waals surface area contributed by atoms with Crippen molar-refractivity contribution in [2.24, 2.45) is 34.0 Å². The fourth-order valence-electron chi connectivity index (χ4n) is 6.83. The van der Waals surface area contributed by atoms with Crippen LogP contribution in [0, 0.1) is 73.4 Å². The Labute approximate surface area is 165 Å². The van der Waals surface area contributed by atoms with Crippen molar-refractivity contribution >= 4 is 5.90 Å². The molecule has 0 aromatic carbocycles. The van der Waals surface area contributed by atoms with E-state index in [4.69, 9.17) is 14.9 Å². The minimum atomic E-state index is -1.72. The van der Waals surface area contributed by atoms with Crippen LogP contribution in [0.3, 0.4) is 0 Å². The molecule has 6 heteroatoms. The lowest BCUT2D eigenvalue weighted by atomic mass is 9.43. The third kappa shape index (κ3) is 1.61. The van der Waals surface area contributed by atoms with E-state index in [1.165, 1.54) is 0 Å². The molecule has 7 aliphatic rings. The third-order valence-electron chi connectivity index (χ3n) is 8.63. The zero-order chi connectivity index (χ0) is 19.9. The van der Waals surface area contributed by atoms with Crippen molar-refractivity contribution in [2.75, 3.05) is 0 Å². The minimum Gasteiger partial charge on any atom is -0.447 e. The van der Waals surface area contributed by atoms with Gasteiger partial charge >= 0.3 is 0 Å². The van der Waals surface area contributed by atoms with Crippen LogP contribution in [0.4, 0.5) is 0 Å². The van der Waals surface area contributed by atoms with Gasteiger partial charge in [-0.25, -0.2) is 0 Å². The van der Waals surface area contributed by atoms with Gasteiger partial charge in [-0.3, -0.25) is 5.41 Å². The van der Waals surface area contributed by atoms with Gasteiger partial charge in [0.25, 0.3) is 0 Å². The number of nitrogens with one attached hydrogen (secondary N) is 1. The molecule has 4 bridgehead atoms. The number of nitrogens with zero attached hydrogens (tertiary/aromatic N) is 3. The Bertz CT molecular complexity index is 918. The van der Waals surface area contributed by atoms with Crippen molar-refractivity contribution in [2.45, 2.75) is 64.3 Å². The molecule has 28 heavy (non-hydrogen) atoms. The van der Waals surface area contributed by atoms with Gasteiger partial charge in [-0.15, -0.1) is 0 Å². The molecule has 0 radical (unpaired) electrons. The summed E-state index contributed by atoms with van der Waals surface area (Å²) in [7, 11) is 0. The van der Waals surface area contributed by atoms with E-state index in [-0.39, 0.29) is 17.2 Å². The van der Waals surface area contributed by atoms with Crippen molar-refractivity contribution in [3.05, 3.63) is 11.6 Å². The number of rotatable bonds is 1. The van der Waals surface area contributed by atoms with Crippen LogP contribution in [-0.4, -0.2) is 17.8 Å². The Kier molecular flexibility index (Phi) is 3.27. The number of hydrogen-bond acceptors (Lipinski definition) is 6. The van der Waals surface area contributed by atoms with Gasteiger partial charge in [0.1, 0.15) is 6.10 Å². The molecule has 144 valence electrons. The monoisotopic (exact) mass is 376 g/mol. The van der Waals surface area contributed by atoms with Crippen LogP contribution < -0.4 is 0 Å². The summed E-state index contributed by atoms with van der Waals surface area (Å²) in [5.74, 6) is -1.04. The smallest absolute Gasteiger partial charge is 0.218 e. The summed E-state index contributed by atoms with van der Waals surface area (Å²) < 4.78 is 12.5. The first-order valence-corrected chi connectivity index (χ1v) is 10.2. The molecule has 3 heterocycles. The predicted octanol–water partition coefficient (Wildman–Crippen LogP) is 3.82. The lowest BCUT2D eigenvalue weighted by molar-refractivity contribution is -0.352. The molecule has 1 N–H and O–H groups in total. The first kappa shape index (κ1) is 17.7. The normalized spacial score (nSPS) is 46.5. The summed E-state index contributed by atoms with van der Waals surface area (Å²) in [4.78, 5) is 0. The average molecular weight is 376 g/mol. The van der Waals surface area contributed by atoms with E-state index in [0.717, 1.165) is 31.3 Å². The topological polar surface area (TPSA) is 114 Å². The fraction of sp³-hybridized carbons (Fsp3) is 0.727. The highest BCUT2D eigenvalue weighted by atomic mass is 16.7. The second-order valence-corrected chi connectivity index (χ2v) is 9.74. The number of fused-ring (bicyclic) bond motifs is 4. The molecule has 2 saturated carbocycles. The molecule has 7 rings (SSSR count). The molecule has 0 aromatic heterocycles. The Morgan fingerprint density at radius 1 is 1.14 bits per heavy atom. The third-order valence-corrected chi connectivity index (χ3v) is 8.63. The fourth-order valence-corrected chi connectivity index (χ4v) is 6.83. The van der Waals surface area contributed by atoms with E-state index >= 15 is 0 Å². The Morgan fingerprint density at radius 3 is 2.50 bits per heavy atom. The Balaban J connectivity index is 1.74. The predicted molar refractivity (Wildman–Crippen MR) is 98.2 cm³/mol. The first-order valence-electron chi connectivity index (χ1n) is 10.2. The highest BCUT2D eigenvalue weighted by Crippen LogP contribution is 2.69. The van der Waals surface area contributed by atoms with E-state index in [2.05, 4.69) is 38.1 Å². The number of allylic oxidation sites excluding steroid dienone is 1. The maximum Gasteiger partial charge on any atom is 0.218 e. The zero-order valence-corrected chi connectivity index (χ0v) is 16.3. The van der Waals surface area contributed by atoms with Crippen LogP contribution in [0.5, 0.6) is 0 Å². The first-order chi connectivity index (χ1) is 13.3. The minimum absolute atomic E-state index is 0.107. The lowest BCUT2D eigenvalue weighted by Crippen LogP contribution is -2.76. The maximum atomic E-state index is 10.4. The summed E-state index contributed by atoms with van der Waals surface area (Å²) in [6.45, 7) is 4.48. The largest absolute Gasteiger partial charge is 0.447 e. The van der Waals surface area contributed by atoms with Crippen molar-refractivity contribution in [3.8, 4) is 18.2 Å². The Hall–Kier alpha value is -2.36. The van der Waals surface area contributed by atoms with Gasteiger partial charge in [0.05, 0.1) is 24.1 Å². The summed E-state index contributed by atoms with van der Waals surface area (Å²) in [5, 5.41) is 39.6. The molecule has 0 aromatic rings. The molecular formula is C22H24N4O2. The second kappa shape index (κ2) is 5.16. The molecule has 1 spiro atoms. The SMILES string of the molecule is CC1(C)C2CC=C(C3OC45CCCCC4C(C#N)(C#N)C3(C#N)C(=N)O5)C1C2. The van der Waals surface area contributed by atoms with E-state index in [1.54, 1.807) is 0 Å².